The van der Waals surface area contributed by atoms with Gasteiger partial charge in [-0.2, -0.15) is 0 Å². The lowest BCUT2D eigenvalue weighted by atomic mass is 10.1. The van der Waals surface area contributed by atoms with Crippen molar-refractivity contribution in [1.29, 1.82) is 0 Å². The van der Waals surface area contributed by atoms with E-state index in [-0.39, 0.29) is 13.0 Å². The first kappa shape index (κ1) is 18.1. The van der Waals surface area contributed by atoms with E-state index in [9.17, 15) is 33.4 Å². The second-order valence-corrected chi connectivity index (χ2v) is 8.27. The van der Waals surface area contributed by atoms with Crippen LogP contribution in [0.3, 0.4) is 0 Å². The van der Waals surface area contributed by atoms with E-state index < -0.39 is 53.5 Å². The fraction of sp³-hybridized carbons (Fsp3) is 0.417. The minimum Gasteiger partial charge on any atom is -0.300 e. The Labute approximate surface area is 140 Å². The van der Waals surface area contributed by atoms with Crippen molar-refractivity contribution >= 4 is 42.7 Å². The number of aryl methyl sites for hydroxylation is 1. The molecule has 0 N–H and O–H groups in total. The molecule has 1 atom stereocenters. The molecule has 1 fully saturated rings. The summed E-state index contributed by atoms with van der Waals surface area (Å²) in [5, 5.41) is 22.5. The van der Waals surface area contributed by atoms with Crippen molar-refractivity contribution in [3.8, 4) is 0 Å². The van der Waals surface area contributed by atoms with E-state index in [1.165, 1.54) is 6.92 Å². The normalized spacial score (nSPS) is 18.0. The van der Waals surface area contributed by atoms with E-state index in [4.69, 9.17) is 10.7 Å². The molecular weight excluding hydrogens is 366 g/mol. The Morgan fingerprint density at radius 3 is 2.17 bits per heavy atom. The molecule has 2 rings (SSSR count). The van der Waals surface area contributed by atoms with Crippen LogP contribution >= 0.6 is 10.7 Å². The Hall–Kier alpha value is -2.27. The van der Waals surface area contributed by atoms with E-state index in [1.807, 2.05) is 0 Å². The third-order valence-corrected chi connectivity index (χ3v) is 4.76. The molecule has 0 aliphatic carbocycles. The van der Waals surface area contributed by atoms with E-state index in [1.54, 1.807) is 0 Å². The minimum absolute atomic E-state index is 0.199. The quantitative estimate of drug-likeness (QED) is 0.432. The number of carbonyl (C=O) groups is 1. The fourth-order valence-corrected chi connectivity index (χ4v) is 4.01. The third kappa shape index (κ3) is 3.79. The molecule has 1 aromatic carbocycles. The predicted molar refractivity (Wildman–Crippen MR) is 84.6 cm³/mol. The summed E-state index contributed by atoms with van der Waals surface area (Å²) in [6.07, 6.45) is -0.214. The highest BCUT2D eigenvalue weighted by molar-refractivity contribution is 8.13. The smallest absolute Gasteiger partial charge is 0.300 e. The molecule has 0 saturated carbocycles. The van der Waals surface area contributed by atoms with E-state index in [2.05, 4.69) is 0 Å². The monoisotopic (exact) mass is 377 g/mol. The van der Waals surface area contributed by atoms with Crippen molar-refractivity contribution in [2.24, 2.45) is 5.92 Å². The number of amides is 1. The molecule has 130 valence electrons. The number of rotatable bonds is 5. The molecule has 12 heteroatoms. The number of hydrogen-bond donors (Lipinski definition) is 0. The summed E-state index contributed by atoms with van der Waals surface area (Å²) in [6.45, 7) is 1.26. The Balaban J connectivity index is 2.53. The third-order valence-electron chi connectivity index (χ3n) is 3.52. The minimum atomic E-state index is -3.87. The van der Waals surface area contributed by atoms with Crippen LogP contribution < -0.4 is 4.90 Å². The molecule has 1 unspecified atom stereocenters. The molecule has 1 aliphatic rings. The Morgan fingerprint density at radius 2 is 1.75 bits per heavy atom. The summed E-state index contributed by atoms with van der Waals surface area (Å²) in [6, 6.07) is 2.25. The van der Waals surface area contributed by atoms with Crippen LogP contribution in [-0.2, 0) is 13.8 Å². The number of halogens is 1. The van der Waals surface area contributed by atoms with Crippen LogP contribution in [0, 0.1) is 33.1 Å². The predicted octanol–water partition coefficient (Wildman–Crippen LogP) is 1.73. The second-order valence-electron chi connectivity index (χ2n) is 5.45. The highest BCUT2D eigenvalue weighted by Gasteiger charge is 2.40. The summed E-state index contributed by atoms with van der Waals surface area (Å²) in [4.78, 5) is 33.9. The lowest BCUT2D eigenvalue weighted by molar-refractivity contribution is -0.392. The van der Waals surface area contributed by atoms with Gasteiger partial charge in [0.15, 0.2) is 0 Å². The van der Waals surface area contributed by atoms with Gasteiger partial charge in [-0.3, -0.25) is 25.0 Å². The zero-order valence-corrected chi connectivity index (χ0v) is 13.9. The van der Waals surface area contributed by atoms with Crippen LogP contribution in [0.2, 0.25) is 0 Å². The largest absolute Gasteiger partial charge is 0.300 e. The van der Waals surface area contributed by atoms with Crippen molar-refractivity contribution in [3.05, 3.63) is 37.9 Å². The van der Waals surface area contributed by atoms with Gasteiger partial charge in [0.2, 0.25) is 20.6 Å². The lowest BCUT2D eigenvalue weighted by Gasteiger charge is -2.17. The zero-order chi connectivity index (χ0) is 18.2. The zero-order valence-electron chi connectivity index (χ0n) is 12.3. The van der Waals surface area contributed by atoms with Crippen molar-refractivity contribution in [2.75, 3.05) is 17.2 Å². The van der Waals surface area contributed by atoms with E-state index in [0.29, 0.717) is 5.56 Å². The first-order chi connectivity index (χ1) is 11.0. The molecule has 1 heterocycles. The molecule has 0 aromatic heterocycles. The summed E-state index contributed by atoms with van der Waals surface area (Å²) in [7, 11) is 1.29. The Bertz CT molecular complexity index is 804. The van der Waals surface area contributed by atoms with Crippen molar-refractivity contribution in [1.82, 2.24) is 0 Å². The highest BCUT2D eigenvalue weighted by Crippen LogP contribution is 2.41. The van der Waals surface area contributed by atoms with Crippen molar-refractivity contribution in [3.63, 3.8) is 0 Å². The maximum absolute atomic E-state index is 12.1. The number of nitro groups is 2. The van der Waals surface area contributed by atoms with E-state index >= 15 is 0 Å². The number of nitro benzene ring substituents is 2. The van der Waals surface area contributed by atoms with Gasteiger partial charge in [-0.05, 0) is 12.5 Å². The Morgan fingerprint density at radius 1 is 1.25 bits per heavy atom. The van der Waals surface area contributed by atoms with Crippen LogP contribution in [0.4, 0.5) is 17.1 Å². The number of benzene rings is 1. The first-order valence-corrected chi connectivity index (χ1v) is 9.13. The summed E-state index contributed by atoms with van der Waals surface area (Å²) >= 11 is 0. The number of nitrogens with zero attached hydrogens (tertiary/aromatic N) is 3. The SMILES string of the molecule is Cc1cc([N+](=O)[O-])c(N2CC(CS(=O)(=O)Cl)CC2=O)c([N+](=O)[O-])c1. The molecule has 0 spiro atoms. The summed E-state index contributed by atoms with van der Waals surface area (Å²) < 4.78 is 22.3. The number of hydrogen-bond acceptors (Lipinski definition) is 7. The maximum Gasteiger partial charge on any atom is 0.300 e. The Kier molecular flexibility index (Phi) is 4.76. The van der Waals surface area contributed by atoms with Gasteiger partial charge in [-0.15, -0.1) is 0 Å². The fourth-order valence-electron chi connectivity index (χ4n) is 2.69. The first-order valence-electron chi connectivity index (χ1n) is 6.65. The van der Waals surface area contributed by atoms with Crippen LogP contribution in [0.5, 0.6) is 0 Å². The lowest BCUT2D eigenvalue weighted by Crippen LogP contribution is -2.27. The van der Waals surface area contributed by atoms with Gasteiger partial charge in [-0.25, -0.2) is 8.42 Å². The van der Waals surface area contributed by atoms with Crippen molar-refractivity contribution in [2.45, 2.75) is 13.3 Å². The molecule has 10 nitrogen and oxygen atoms in total. The van der Waals surface area contributed by atoms with Gasteiger partial charge >= 0.3 is 0 Å². The molecule has 1 aromatic rings. The summed E-state index contributed by atoms with van der Waals surface area (Å²) in [5.41, 5.74) is -1.30. The van der Waals surface area contributed by atoms with Crippen molar-refractivity contribution < 1.29 is 23.1 Å². The maximum atomic E-state index is 12.1. The molecule has 1 amide bonds. The molecule has 24 heavy (non-hydrogen) atoms. The van der Waals surface area contributed by atoms with Gasteiger partial charge in [0.05, 0.1) is 15.6 Å². The van der Waals surface area contributed by atoms with Gasteiger partial charge in [0, 0.05) is 41.7 Å². The van der Waals surface area contributed by atoms with Gasteiger partial charge in [-0.1, -0.05) is 0 Å². The summed E-state index contributed by atoms with van der Waals surface area (Å²) in [5.74, 6) is -1.82. The molecule has 0 bridgehead atoms. The van der Waals surface area contributed by atoms with Crippen LogP contribution in [-0.4, -0.2) is 36.5 Å². The highest BCUT2D eigenvalue weighted by atomic mass is 35.7. The number of anilines is 1. The van der Waals surface area contributed by atoms with Gasteiger partial charge < -0.3 is 4.90 Å². The standard InChI is InChI=1S/C12H12ClN3O7S/c1-7-2-9(15(18)19)12(10(3-7)16(20)21)14-5-8(4-11(14)17)6-24(13,22)23/h2-3,8H,4-6H2,1H3. The van der Waals surface area contributed by atoms with Crippen LogP contribution in [0.1, 0.15) is 12.0 Å². The molecule has 1 saturated heterocycles. The molecular formula is C12H12ClN3O7S. The second kappa shape index (κ2) is 6.32. The topological polar surface area (TPSA) is 141 Å². The number of carbonyl (C=O) groups excluding carboxylic acids is 1. The van der Waals surface area contributed by atoms with Crippen LogP contribution in [0.25, 0.3) is 0 Å². The van der Waals surface area contributed by atoms with Gasteiger partial charge in [0.25, 0.3) is 11.4 Å². The average Bonchev–Trinajstić information content (AvgIpc) is 2.75. The average molecular weight is 378 g/mol. The molecule has 0 radical (unpaired) electrons. The molecule has 1 aliphatic heterocycles. The van der Waals surface area contributed by atoms with Crippen LogP contribution in [0.15, 0.2) is 12.1 Å². The van der Waals surface area contributed by atoms with Gasteiger partial charge in [0.1, 0.15) is 0 Å². The van der Waals surface area contributed by atoms with E-state index in [0.717, 1.165) is 17.0 Å².